The summed E-state index contributed by atoms with van der Waals surface area (Å²) in [6, 6.07) is 6.43. The molecule has 1 aromatic rings. The van der Waals surface area contributed by atoms with E-state index < -0.39 is 0 Å². The highest BCUT2D eigenvalue weighted by atomic mass is 19.1. The minimum atomic E-state index is -0.325. The Morgan fingerprint density at radius 3 is 2.84 bits per heavy atom. The highest BCUT2D eigenvalue weighted by molar-refractivity contribution is 5.79. The van der Waals surface area contributed by atoms with Crippen molar-refractivity contribution in [1.82, 2.24) is 9.80 Å². The van der Waals surface area contributed by atoms with Crippen molar-refractivity contribution in [3.05, 3.63) is 35.6 Å². The SMILES string of the molecule is CN1CCN(C(=O)Cc2ccccc2F)C(CN)C1. The van der Waals surface area contributed by atoms with Gasteiger partial charge in [-0.2, -0.15) is 0 Å². The van der Waals surface area contributed by atoms with E-state index in [1.165, 1.54) is 6.07 Å². The van der Waals surface area contributed by atoms with Gasteiger partial charge in [-0.1, -0.05) is 18.2 Å². The van der Waals surface area contributed by atoms with Crippen LogP contribution in [0.25, 0.3) is 0 Å². The molecule has 0 saturated carbocycles. The predicted molar refractivity (Wildman–Crippen MR) is 72.2 cm³/mol. The summed E-state index contributed by atoms with van der Waals surface area (Å²) in [6.45, 7) is 2.71. The summed E-state index contributed by atoms with van der Waals surface area (Å²) in [5, 5.41) is 0. The van der Waals surface area contributed by atoms with E-state index in [9.17, 15) is 9.18 Å². The van der Waals surface area contributed by atoms with Crippen molar-refractivity contribution < 1.29 is 9.18 Å². The quantitative estimate of drug-likeness (QED) is 0.864. The van der Waals surface area contributed by atoms with Crippen LogP contribution < -0.4 is 5.73 Å². The van der Waals surface area contributed by atoms with Crippen molar-refractivity contribution in [3.8, 4) is 0 Å². The standard InChI is InChI=1S/C14H20FN3O/c1-17-6-7-18(12(9-16)10-17)14(19)8-11-4-2-3-5-13(11)15/h2-5,12H,6-10,16H2,1H3. The number of amides is 1. The van der Waals surface area contributed by atoms with Gasteiger partial charge in [0.15, 0.2) is 0 Å². The highest BCUT2D eigenvalue weighted by Crippen LogP contribution is 2.13. The minimum Gasteiger partial charge on any atom is -0.336 e. The fourth-order valence-electron chi connectivity index (χ4n) is 2.45. The average molecular weight is 265 g/mol. The van der Waals surface area contributed by atoms with Gasteiger partial charge in [0, 0.05) is 26.2 Å². The molecule has 0 spiro atoms. The topological polar surface area (TPSA) is 49.6 Å². The molecule has 1 aromatic carbocycles. The number of piperazine rings is 1. The number of nitrogens with zero attached hydrogens (tertiary/aromatic N) is 2. The molecule has 1 aliphatic heterocycles. The van der Waals surface area contributed by atoms with Gasteiger partial charge in [-0.3, -0.25) is 4.79 Å². The van der Waals surface area contributed by atoms with Crippen LogP contribution in [-0.4, -0.2) is 55.0 Å². The van der Waals surface area contributed by atoms with E-state index in [2.05, 4.69) is 4.90 Å². The van der Waals surface area contributed by atoms with E-state index in [1.54, 1.807) is 23.1 Å². The fourth-order valence-corrected chi connectivity index (χ4v) is 2.45. The van der Waals surface area contributed by atoms with Crippen LogP contribution in [0.2, 0.25) is 0 Å². The largest absolute Gasteiger partial charge is 0.336 e. The van der Waals surface area contributed by atoms with Crippen molar-refractivity contribution >= 4 is 5.91 Å². The van der Waals surface area contributed by atoms with E-state index in [1.807, 2.05) is 7.05 Å². The molecule has 1 fully saturated rings. The minimum absolute atomic E-state index is 0.0259. The summed E-state index contributed by atoms with van der Waals surface area (Å²) in [5.41, 5.74) is 6.17. The smallest absolute Gasteiger partial charge is 0.227 e. The zero-order chi connectivity index (χ0) is 13.8. The second-order valence-electron chi connectivity index (χ2n) is 5.01. The molecule has 1 atom stereocenters. The second-order valence-corrected chi connectivity index (χ2v) is 5.01. The third-order valence-electron chi connectivity index (χ3n) is 3.58. The second kappa shape index (κ2) is 6.12. The molecule has 1 saturated heterocycles. The average Bonchev–Trinajstić information content (AvgIpc) is 2.41. The molecular formula is C14H20FN3O. The molecule has 2 N–H and O–H groups in total. The van der Waals surface area contributed by atoms with Gasteiger partial charge < -0.3 is 15.5 Å². The highest BCUT2D eigenvalue weighted by Gasteiger charge is 2.28. The van der Waals surface area contributed by atoms with Gasteiger partial charge in [-0.05, 0) is 18.7 Å². The normalized spacial score (nSPS) is 20.6. The van der Waals surface area contributed by atoms with Gasteiger partial charge in [0.25, 0.3) is 0 Å². The van der Waals surface area contributed by atoms with Gasteiger partial charge >= 0.3 is 0 Å². The summed E-state index contributed by atoms with van der Waals surface area (Å²) in [4.78, 5) is 16.2. The third kappa shape index (κ3) is 3.30. The number of benzene rings is 1. The van der Waals surface area contributed by atoms with Gasteiger partial charge in [0.1, 0.15) is 5.82 Å². The van der Waals surface area contributed by atoms with E-state index in [4.69, 9.17) is 5.73 Å². The number of likely N-dealkylation sites (N-methyl/N-ethyl adjacent to an activating group) is 1. The first-order chi connectivity index (χ1) is 9.11. The molecule has 0 aliphatic carbocycles. The van der Waals surface area contributed by atoms with Crippen LogP contribution in [0.15, 0.2) is 24.3 Å². The number of hydrogen-bond acceptors (Lipinski definition) is 3. The molecule has 4 nitrogen and oxygen atoms in total. The van der Waals surface area contributed by atoms with Crippen LogP contribution in [-0.2, 0) is 11.2 Å². The Morgan fingerprint density at radius 2 is 2.16 bits per heavy atom. The molecule has 104 valence electrons. The lowest BCUT2D eigenvalue weighted by Gasteiger charge is -2.39. The summed E-state index contributed by atoms with van der Waals surface area (Å²) in [5.74, 6) is -0.372. The zero-order valence-electron chi connectivity index (χ0n) is 11.2. The van der Waals surface area contributed by atoms with Crippen molar-refractivity contribution in [3.63, 3.8) is 0 Å². The molecule has 2 rings (SSSR count). The zero-order valence-corrected chi connectivity index (χ0v) is 11.2. The third-order valence-corrected chi connectivity index (χ3v) is 3.58. The van der Waals surface area contributed by atoms with Crippen molar-refractivity contribution in [1.29, 1.82) is 0 Å². The summed E-state index contributed by atoms with van der Waals surface area (Å²) >= 11 is 0. The van der Waals surface area contributed by atoms with Gasteiger partial charge in [-0.15, -0.1) is 0 Å². The number of rotatable bonds is 3. The first kappa shape index (κ1) is 14.0. The number of carbonyl (C=O) groups is 1. The number of nitrogens with two attached hydrogens (primary N) is 1. The predicted octanol–water partition coefficient (Wildman–Crippen LogP) is 0.469. The number of carbonyl (C=O) groups excluding carboxylic acids is 1. The van der Waals surface area contributed by atoms with Crippen LogP contribution in [0.5, 0.6) is 0 Å². The molecule has 1 amide bonds. The molecule has 0 aromatic heterocycles. The van der Waals surface area contributed by atoms with Gasteiger partial charge in [0.2, 0.25) is 5.91 Å². The maximum absolute atomic E-state index is 13.6. The van der Waals surface area contributed by atoms with Gasteiger partial charge in [-0.25, -0.2) is 4.39 Å². The van der Waals surface area contributed by atoms with E-state index >= 15 is 0 Å². The van der Waals surface area contributed by atoms with Crippen molar-refractivity contribution in [2.24, 2.45) is 5.73 Å². The number of halogens is 1. The Kier molecular flexibility index (Phi) is 4.50. The van der Waals surface area contributed by atoms with Crippen LogP contribution in [0.3, 0.4) is 0 Å². The molecule has 1 heterocycles. The maximum Gasteiger partial charge on any atom is 0.227 e. The van der Waals surface area contributed by atoms with Crippen LogP contribution >= 0.6 is 0 Å². The summed E-state index contributed by atoms with van der Waals surface area (Å²) < 4.78 is 13.6. The fraction of sp³-hybridized carbons (Fsp3) is 0.500. The first-order valence-corrected chi connectivity index (χ1v) is 6.53. The lowest BCUT2D eigenvalue weighted by Crippen LogP contribution is -2.57. The molecule has 0 bridgehead atoms. The Balaban J connectivity index is 2.05. The lowest BCUT2D eigenvalue weighted by molar-refractivity contribution is -0.134. The molecule has 0 radical (unpaired) electrons. The van der Waals surface area contributed by atoms with Gasteiger partial charge in [0.05, 0.1) is 12.5 Å². The van der Waals surface area contributed by atoms with E-state index in [0.717, 1.165) is 13.1 Å². The lowest BCUT2D eigenvalue weighted by atomic mass is 10.1. The Morgan fingerprint density at radius 1 is 1.42 bits per heavy atom. The molecular weight excluding hydrogens is 245 g/mol. The van der Waals surface area contributed by atoms with Crippen LogP contribution in [0, 0.1) is 5.82 Å². The monoisotopic (exact) mass is 265 g/mol. The van der Waals surface area contributed by atoms with Crippen molar-refractivity contribution in [2.75, 3.05) is 33.2 Å². The van der Waals surface area contributed by atoms with E-state index in [0.29, 0.717) is 18.7 Å². The Bertz CT molecular complexity index is 452. The first-order valence-electron chi connectivity index (χ1n) is 6.53. The Labute approximate surface area is 113 Å². The molecule has 5 heteroatoms. The molecule has 19 heavy (non-hydrogen) atoms. The summed E-state index contributed by atoms with van der Waals surface area (Å²) in [7, 11) is 2.02. The van der Waals surface area contributed by atoms with Crippen molar-refractivity contribution in [2.45, 2.75) is 12.5 Å². The summed E-state index contributed by atoms with van der Waals surface area (Å²) in [6.07, 6.45) is 0.104. The van der Waals surface area contributed by atoms with Crippen LogP contribution in [0.4, 0.5) is 4.39 Å². The molecule has 1 unspecified atom stereocenters. The maximum atomic E-state index is 13.6. The van der Waals surface area contributed by atoms with E-state index in [-0.39, 0.29) is 24.2 Å². The van der Waals surface area contributed by atoms with Crippen LogP contribution in [0.1, 0.15) is 5.56 Å². The number of hydrogen-bond donors (Lipinski definition) is 1. The molecule has 1 aliphatic rings. The Hall–Kier alpha value is -1.46.